The zero-order valence-corrected chi connectivity index (χ0v) is 12.6. The van der Waals surface area contributed by atoms with E-state index >= 15 is 0 Å². The molecule has 2 nitrogen and oxygen atoms in total. The minimum absolute atomic E-state index is 0.660. The van der Waals surface area contributed by atoms with Crippen LogP contribution in [0, 0.1) is 0 Å². The van der Waals surface area contributed by atoms with Gasteiger partial charge in [-0.15, -0.1) is 0 Å². The molecular formula is C16H18BrNO. The molecule has 100 valence electrons. The number of halogens is 1. The predicted molar refractivity (Wildman–Crippen MR) is 81.8 cm³/mol. The summed E-state index contributed by atoms with van der Waals surface area (Å²) < 4.78 is 6.36. The van der Waals surface area contributed by atoms with Crippen LogP contribution in [-0.4, -0.2) is 7.11 Å². The highest BCUT2D eigenvalue weighted by molar-refractivity contribution is 9.10. The zero-order valence-electron chi connectivity index (χ0n) is 11.0. The van der Waals surface area contributed by atoms with Crippen LogP contribution in [-0.2, 0) is 24.4 Å². The van der Waals surface area contributed by atoms with Crippen molar-refractivity contribution >= 4 is 15.9 Å². The first-order chi connectivity index (χ1) is 9.31. The standard InChI is InChI=1S/C16H18BrNO/c1-19-12-15-8-3-2-6-13(15)10-18-11-14-7-4-5-9-16(14)17/h2-9,18H,10-12H2,1H3. The minimum Gasteiger partial charge on any atom is -0.380 e. The van der Waals surface area contributed by atoms with Gasteiger partial charge in [0.25, 0.3) is 0 Å². The summed E-state index contributed by atoms with van der Waals surface area (Å²) in [6.07, 6.45) is 0. The van der Waals surface area contributed by atoms with Gasteiger partial charge in [-0.1, -0.05) is 58.4 Å². The van der Waals surface area contributed by atoms with Crippen LogP contribution in [0.3, 0.4) is 0 Å². The third-order valence-corrected chi connectivity index (χ3v) is 3.78. The molecule has 2 aromatic carbocycles. The van der Waals surface area contributed by atoms with Crippen LogP contribution in [0.4, 0.5) is 0 Å². The summed E-state index contributed by atoms with van der Waals surface area (Å²) in [5.41, 5.74) is 3.80. The second-order valence-electron chi connectivity index (χ2n) is 4.40. The van der Waals surface area contributed by atoms with Gasteiger partial charge >= 0.3 is 0 Å². The van der Waals surface area contributed by atoms with Crippen LogP contribution in [0.25, 0.3) is 0 Å². The van der Waals surface area contributed by atoms with Gasteiger partial charge in [0.05, 0.1) is 6.61 Å². The van der Waals surface area contributed by atoms with Crippen LogP contribution in [0.15, 0.2) is 53.0 Å². The van der Waals surface area contributed by atoms with Crippen LogP contribution in [0.2, 0.25) is 0 Å². The molecule has 0 bridgehead atoms. The van der Waals surface area contributed by atoms with Crippen molar-refractivity contribution in [2.45, 2.75) is 19.7 Å². The highest BCUT2D eigenvalue weighted by atomic mass is 79.9. The second-order valence-corrected chi connectivity index (χ2v) is 5.25. The second kappa shape index (κ2) is 7.43. The lowest BCUT2D eigenvalue weighted by Gasteiger charge is -2.10. The van der Waals surface area contributed by atoms with E-state index in [1.807, 2.05) is 12.1 Å². The Labute approximate surface area is 122 Å². The molecule has 0 aromatic heterocycles. The maximum atomic E-state index is 5.22. The van der Waals surface area contributed by atoms with Crippen molar-refractivity contribution in [2.24, 2.45) is 0 Å². The van der Waals surface area contributed by atoms with Crippen LogP contribution < -0.4 is 5.32 Å². The lowest BCUT2D eigenvalue weighted by molar-refractivity contribution is 0.184. The Morgan fingerprint density at radius 3 is 2.16 bits per heavy atom. The van der Waals surface area contributed by atoms with Gasteiger partial charge in [-0.2, -0.15) is 0 Å². The average Bonchev–Trinajstić information content (AvgIpc) is 2.43. The van der Waals surface area contributed by atoms with Gasteiger partial charge in [0.1, 0.15) is 0 Å². The molecule has 0 saturated carbocycles. The topological polar surface area (TPSA) is 21.3 Å². The Morgan fingerprint density at radius 1 is 0.895 bits per heavy atom. The van der Waals surface area contributed by atoms with E-state index in [4.69, 9.17) is 4.74 Å². The third kappa shape index (κ3) is 4.16. The largest absolute Gasteiger partial charge is 0.380 e. The molecule has 19 heavy (non-hydrogen) atoms. The normalized spacial score (nSPS) is 10.6. The molecule has 0 aliphatic carbocycles. The number of methoxy groups -OCH3 is 1. The van der Waals surface area contributed by atoms with Gasteiger partial charge in [-0.3, -0.25) is 0 Å². The number of hydrogen-bond acceptors (Lipinski definition) is 2. The monoisotopic (exact) mass is 319 g/mol. The molecule has 0 unspecified atom stereocenters. The Bertz CT molecular complexity index is 528. The summed E-state index contributed by atoms with van der Waals surface area (Å²) in [6.45, 7) is 2.36. The Balaban J connectivity index is 1.94. The summed E-state index contributed by atoms with van der Waals surface area (Å²) in [6, 6.07) is 16.6. The fourth-order valence-electron chi connectivity index (χ4n) is 2.00. The van der Waals surface area contributed by atoms with Crippen molar-refractivity contribution in [1.29, 1.82) is 0 Å². The van der Waals surface area contributed by atoms with Crippen molar-refractivity contribution in [1.82, 2.24) is 5.32 Å². The first-order valence-corrected chi connectivity index (χ1v) is 7.10. The van der Waals surface area contributed by atoms with E-state index in [0.29, 0.717) is 6.61 Å². The molecule has 0 fully saturated rings. The maximum absolute atomic E-state index is 5.22. The molecule has 3 heteroatoms. The summed E-state index contributed by atoms with van der Waals surface area (Å²) >= 11 is 3.56. The van der Waals surface area contributed by atoms with Gasteiger partial charge in [0, 0.05) is 24.7 Å². The highest BCUT2D eigenvalue weighted by Gasteiger charge is 2.02. The van der Waals surface area contributed by atoms with E-state index in [-0.39, 0.29) is 0 Å². The lowest BCUT2D eigenvalue weighted by atomic mass is 10.1. The van der Waals surface area contributed by atoms with Crippen molar-refractivity contribution in [3.63, 3.8) is 0 Å². The van der Waals surface area contributed by atoms with Crippen molar-refractivity contribution in [3.8, 4) is 0 Å². The Morgan fingerprint density at radius 2 is 1.47 bits per heavy atom. The van der Waals surface area contributed by atoms with Gasteiger partial charge in [0.15, 0.2) is 0 Å². The molecule has 0 spiro atoms. The number of rotatable bonds is 6. The van der Waals surface area contributed by atoms with Crippen molar-refractivity contribution in [3.05, 3.63) is 69.7 Å². The number of nitrogens with one attached hydrogen (secondary N) is 1. The molecule has 0 amide bonds. The van der Waals surface area contributed by atoms with Gasteiger partial charge in [-0.05, 0) is 22.8 Å². The number of ether oxygens (including phenoxy) is 1. The smallest absolute Gasteiger partial charge is 0.0716 e. The van der Waals surface area contributed by atoms with Crippen LogP contribution in [0.1, 0.15) is 16.7 Å². The maximum Gasteiger partial charge on any atom is 0.0716 e. The van der Waals surface area contributed by atoms with E-state index in [0.717, 1.165) is 17.6 Å². The molecule has 0 radical (unpaired) electrons. The Kier molecular flexibility index (Phi) is 5.58. The first-order valence-electron chi connectivity index (χ1n) is 6.31. The molecule has 0 saturated heterocycles. The van der Waals surface area contributed by atoms with Crippen LogP contribution >= 0.6 is 15.9 Å². The zero-order chi connectivity index (χ0) is 13.5. The fourth-order valence-corrected chi connectivity index (χ4v) is 2.42. The molecule has 2 rings (SSSR count). The summed E-state index contributed by atoms with van der Waals surface area (Å²) in [4.78, 5) is 0. The minimum atomic E-state index is 0.660. The Hall–Kier alpha value is -1.16. The molecule has 1 N–H and O–H groups in total. The van der Waals surface area contributed by atoms with E-state index in [2.05, 4.69) is 57.6 Å². The quantitative estimate of drug-likeness (QED) is 0.872. The molecular weight excluding hydrogens is 302 g/mol. The van der Waals surface area contributed by atoms with E-state index in [9.17, 15) is 0 Å². The number of hydrogen-bond donors (Lipinski definition) is 1. The number of benzene rings is 2. The fraction of sp³-hybridized carbons (Fsp3) is 0.250. The molecule has 0 atom stereocenters. The average molecular weight is 320 g/mol. The first kappa shape index (κ1) is 14.3. The summed E-state index contributed by atoms with van der Waals surface area (Å²) in [7, 11) is 1.73. The summed E-state index contributed by atoms with van der Waals surface area (Å²) in [5.74, 6) is 0. The molecule has 2 aromatic rings. The van der Waals surface area contributed by atoms with E-state index in [1.54, 1.807) is 7.11 Å². The predicted octanol–water partition coefficient (Wildman–Crippen LogP) is 3.89. The molecule has 0 heterocycles. The van der Waals surface area contributed by atoms with Gasteiger partial charge in [-0.25, -0.2) is 0 Å². The van der Waals surface area contributed by atoms with Crippen molar-refractivity contribution in [2.75, 3.05) is 7.11 Å². The highest BCUT2D eigenvalue weighted by Crippen LogP contribution is 2.16. The molecule has 0 aliphatic rings. The van der Waals surface area contributed by atoms with E-state index < -0.39 is 0 Å². The SMILES string of the molecule is COCc1ccccc1CNCc1ccccc1Br. The summed E-state index contributed by atoms with van der Waals surface area (Å²) in [5, 5.41) is 3.47. The lowest BCUT2D eigenvalue weighted by Crippen LogP contribution is -2.14. The van der Waals surface area contributed by atoms with Gasteiger partial charge < -0.3 is 10.1 Å². The van der Waals surface area contributed by atoms with Gasteiger partial charge in [0.2, 0.25) is 0 Å². The molecule has 0 aliphatic heterocycles. The van der Waals surface area contributed by atoms with E-state index in [1.165, 1.54) is 16.7 Å². The van der Waals surface area contributed by atoms with Crippen molar-refractivity contribution < 1.29 is 4.74 Å². The third-order valence-electron chi connectivity index (χ3n) is 3.01. The van der Waals surface area contributed by atoms with Crippen LogP contribution in [0.5, 0.6) is 0 Å².